The van der Waals surface area contributed by atoms with E-state index in [0.717, 1.165) is 83.5 Å². The van der Waals surface area contributed by atoms with Gasteiger partial charge < -0.3 is 14.2 Å². The summed E-state index contributed by atoms with van der Waals surface area (Å²) in [4.78, 5) is 38.3. The highest BCUT2D eigenvalue weighted by Crippen LogP contribution is 2.16. The second-order valence-corrected chi connectivity index (χ2v) is 21.3. The van der Waals surface area contributed by atoms with Crippen molar-refractivity contribution < 1.29 is 28.6 Å². The number of unbranched alkanes of at least 4 members (excludes halogenated alkanes) is 36. The molecule has 0 saturated heterocycles. The Labute approximate surface area is 459 Å². The van der Waals surface area contributed by atoms with Gasteiger partial charge in [-0.1, -0.05) is 273 Å². The van der Waals surface area contributed by atoms with Crippen LogP contribution in [0.5, 0.6) is 0 Å². The van der Waals surface area contributed by atoms with E-state index in [1.54, 1.807) is 0 Å². The third kappa shape index (κ3) is 59.7. The van der Waals surface area contributed by atoms with E-state index in [-0.39, 0.29) is 31.1 Å². The third-order valence-electron chi connectivity index (χ3n) is 13.9. The fraction of sp³-hybridized carbons (Fsp3) is 0.779. The molecule has 0 aromatic rings. The lowest BCUT2D eigenvalue weighted by atomic mass is 10.1. The zero-order valence-corrected chi connectivity index (χ0v) is 49.1. The fourth-order valence-electron chi connectivity index (χ4n) is 9.15. The largest absolute Gasteiger partial charge is 0.462 e. The normalized spacial score (nSPS) is 12.5. The summed E-state index contributed by atoms with van der Waals surface area (Å²) in [6.45, 7) is 6.53. The Morgan fingerprint density at radius 3 is 0.946 bits per heavy atom. The van der Waals surface area contributed by atoms with E-state index in [0.29, 0.717) is 19.3 Å². The molecule has 0 rings (SSSR count). The third-order valence-corrected chi connectivity index (χ3v) is 13.9. The summed E-state index contributed by atoms with van der Waals surface area (Å²) >= 11 is 0. The summed E-state index contributed by atoms with van der Waals surface area (Å²) in [5.74, 6) is -0.882. The van der Waals surface area contributed by atoms with Gasteiger partial charge in [-0.05, 0) is 103 Å². The Morgan fingerprint density at radius 1 is 0.297 bits per heavy atom. The number of allylic oxidation sites excluding steroid dienone is 12. The zero-order valence-electron chi connectivity index (χ0n) is 49.1. The van der Waals surface area contributed by atoms with Crippen molar-refractivity contribution >= 4 is 17.9 Å². The minimum Gasteiger partial charge on any atom is -0.462 e. The van der Waals surface area contributed by atoms with Gasteiger partial charge >= 0.3 is 17.9 Å². The number of carbonyl (C=O) groups excluding carboxylic acids is 3. The minimum atomic E-state index is -0.784. The molecule has 6 nitrogen and oxygen atoms in total. The smallest absolute Gasteiger partial charge is 0.306 e. The van der Waals surface area contributed by atoms with Gasteiger partial charge in [-0.3, -0.25) is 14.4 Å². The van der Waals surface area contributed by atoms with Gasteiger partial charge in [-0.25, -0.2) is 0 Å². The molecule has 0 aliphatic rings. The second-order valence-electron chi connectivity index (χ2n) is 21.3. The molecule has 0 bridgehead atoms. The molecule has 0 aromatic carbocycles. The first-order chi connectivity index (χ1) is 36.5. The van der Waals surface area contributed by atoms with Gasteiger partial charge in [0.1, 0.15) is 13.2 Å². The molecule has 74 heavy (non-hydrogen) atoms. The maximum Gasteiger partial charge on any atom is 0.306 e. The van der Waals surface area contributed by atoms with Gasteiger partial charge in [0.15, 0.2) is 6.10 Å². The zero-order chi connectivity index (χ0) is 53.6. The monoisotopic (exact) mass is 1030 g/mol. The van der Waals surface area contributed by atoms with E-state index >= 15 is 0 Å². The van der Waals surface area contributed by atoms with Crippen molar-refractivity contribution in [2.45, 2.75) is 329 Å². The Bertz CT molecular complexity index is 1370. The quantitative estimate of drug-likeness (QED) is 0.0199. The van der Waals surface area contributed by atoms with Gasteiger partial charge in [-0.2, -0.15) is 0 Å². The highest BCUT2D eigenvalue weighted by molar-refractivity contribution is 5.71. The number of ether oxygens (including phenoxy) is 3. The van der Waals surface area contributed by atoms with Crippen LogP contribution in [0, 0.1) is 0 Å². The Balaban J connectivity index is 4.39. The van der Waals surface area contributed by atoms with Crippen LogP contribution in [0.15, 0.2) is 72.9 Å². The highest BCUT2D eigenvalue weighted by atomic mass is 16.6. The lowest BCUT2D eigenvalue weighted by molar-refractivity contribution is -0.167. The average Bonchev–Trinajstić information content (AvgIpc) is 3.40. The first-order valence-electron chi connectivity index (χ1n) is 32.0. The molecule has 1 unspecified atom stereocenters. The molecule has 6 heteroatoms. The molecule has 0 spiro atoms. The molecule has 0 fully saturated rings. The number of esters is 3. The van der Waals surface area contributed by atoms with Gasteiger partial charge in [0.05, 0.1) is 0 Å². The molecule has 0 aliphatic carbocycles. The summed E-state index contributed by atoms with van der Waals surface area (Å²) in [6.07, 6.45) is 80.4. The van der Waals surface area contributed by atoms with Crippen LogP contribution < -0.4 is 0 Å². The molecule has 1 atom stereocenters. The van der Waals surface area contributed by atoms with Gasteiger partial charge in [0.25, 0.3) is 0 Å². The molecule has 428 valence electrons. The predicted octanol–water partition coefficient (Wildman–Crippen LogP) is 21.7. The van der Waals surface area contributed by atoms with E-state index in [1.807, 2.05) is 0 Å². The number of hydrogen-bond donors (Lipinski definition) is 0. The van der Waals surface area contributed by atoms with Crippen molar-refractivity contribution in [1.82, 2.24) is 0 Å². The molecule has 0 saturated carbocycles. The van der Waals surface area contributed by atoms with Gasteiger partial charge in [0, 0.05) is 19.3 Å². The summed E-state index contributed by atoms with van der Waals surface area (Å²) < 4.78 is 16.9. The minimum absolute atomic E-state index is 0.0808. The Kier molecular flexibility index (Phi) is 59.7. The van der Waals surface area contributed by atoms with Crippen molar-refractivity contribution in [1.29, 1.82) is 0 Å². The van der Waals surface area contributed by atoms with Crippen LogP contribution in [0.3, 0.4) is 0 Å². The van der Waals surface area contributed by atoms with Crippen LogP contribution >= 0.6 is 0 Å². The van der Waals surface area contributed by atoms with Gasteiger partial charge in [0.2, 0.25) is 0 Å². The maximum atomic E-state index is 12.9. The molecule has 0 aliphatic heterocycles. The molecule has 0 aromatic heterocycles. The SMILES string of the molecule is CC/C=C\C/C=C\C/C=C\CCCCCCCCCCCC(=O)OCC(COC(=O)CCCCCCC/C=C\CCCCCCCCCCC)OC(=O)CCCCCCCCCCCC/C=C\C=C/CCCCC. The molecule has 0 heterocycles. The van der Waals surface area contributed by atoms with Crippen molar-refractivity contribution in [2.75, 3.05) is 13.2 Å². The summed E-state index contributed by atoms with van der Waals surface area (Å²) in [6, 6.07) is 0. The Morgan fingerprint density at radius 2 is 0.568 bits per heavy atom. The van der Waals surface area contributed by atoms with Crippen molar-refractivity contribution in [3.63, 3.8) is 0 Å². The first-order valence-corrected chi connectivity index (χ1v) is 32.0. The topological polar surface area (TPSA) is 78.9 Å². The summed E-state index contributed by atoms with van der Waals surface area (Å²) in [5.41, 5.74) is 0. The van der Waals surface area contributed by atoms with Crippen LogP contribution in [-0.2, 0) is 28.6 Å². The number of hydrogen-bond acceptors (Lipinski definition) is 6. The van der Waals surface area contributed by atoms with E-state index in [2.05, 4.69) is 93.7 Å². The van der Waals surface area contributed by atoms with E-state index in [9.17, 15) is 14.4 Å². The molecular weight excluding hydrogens is 913 g/mol. The second kappa shape index (κ2) is 62.4. The summed E-state index contributed by atoms with van der Waals surface area (Å²) in [7, 11) is 0. The molecular formula is C68H120O6. The lowest BCUT2D eigenvalue weighted by Gasteiger charge is -2.18. The lowest BCUT2D eigenvalue weighted by Crippen LogP contribution is -2.30. The fourth-order valence-corrected chi connectivity index (χ4v) is 9.15. The number of carbonyl (C=O) groups is 3. The van der Waals surface area contributed by atoms with Crippen molar-refractivity contribution in [3.05, 3.63) is 72.9 Å². The van der Waals surface area contributed by atoms with Crippen molar-refractivity contribution in [3.8, 4) is 0 Å². The van der Waals surface area contributed by atoms with E-state index < -0.39 is 6.10 Å². The first kappa shape index (κ1) is 70.8. The van der Waals surface area contributed by atoms with E-state index in [1.165, 1.54) is 199 Å². The van der Waals surface area contributed by atoms with Gasteiger partial charge in [-0.15, -0.1) is 0 Å². The van der Waals surface area contributed by atoms with Crippen LogP contribution in [0.2, 0.25) is 0 Å². The van der Waals surface area contributed by atoms with Crippen molar-refractivity contribution in [2.24, 2.45) is 0 Å². The van der Waals surface area contributed by atoms with E-state index in [4.69, 9.17) is 14.2 Å². The predicted molar refractivity (Wildman–Crippen MR) is 321 cm³/mol. The van der Waals surface area contributed by atoms with Crippen LogP contribution in [0.25, 0.3) is 0 Å². The standard InChI is InChI=1S/C68H120O6/c1-4-7-10-13-16-19-22-25-28-31-34-37-40-43-46-49-52-55-58-61-67(70)73-64-65(63-72-66(69)60-57-54-51-48-45-42-39-36-33-30-27-24-21-18-15-12-9-6-3)74-68(71)62-59-56-53-50-47-44-41-38-35-32-29-26-23-20-17-14-11-8-5-2/h7,10,16-17,19-20,23,25-26,28,36,39,65H,4-6,8-9,11-15,18,21-22,24,27,29-35,37-38,40-64H2,1-3H3/b10-7-,19-16-,20-17-,26-23-,28-25-,39-36-. The molecule has 0 N–H and O–H groups in total. The van der Waals surface area contributed by atoms with Crippen LogP contribution in [-0.4, -0.2) is 37.2 Å². The molecule has 0 amide bonds. The highest BCUT2D eigenvalue weighted by Gasteiger charge is 2.19. The van der Waals surface area contributed by atoms with Crippen LogP contribution in [0.1, 0.15) is 323 Å². The average molecular weight is 1030 g/mol. The maximum absolute atomic E-state index is 12.9. The van der Waals surface area contributed by atoms with Crippen LogP contribution in [0.4, 0.5) is 0 Å². The molecule has 0 radical (unpaired) electrons. The summed E-state index contributed by atoms with van der Waals surface area (Å²) in [5, 5.41) is 0. The Hall–Kier alpha value is -3.15. The number of rotatable bonds is 58.